The number of nitrogens with zero attached hydrogens (tertiary/aromatic N) is 3. The van der Waals surface area contributed by atoms with Gasteiger partial charge in [-0.15, -0.1) is 11.3 Å². The number of amides is 2. The molecule has 0 aliphatic carbocycles. The Bertz CT molecular complexity index is 986. The zero-order valence-electron chi connectivity index (χ0n) is 16.7. The summed E-state index contributed by atoms with van der Waals surface area (Å²) >= 11 is 1.63. The minimum Gasteiger partial charge on any atom is -0.325 e. The molecule has 2 saturated heterocycles. The van der Waals surface area contributed by atoms with E-state index >= 15 is 0 Å². The number of likely N-dealkylation sites (tertiary alicyclic amines) is 2. The van der Waals surface area contributed by atoms with Crippen LogP contribution in [0.3, 0.4) is 0 Å². The van der Waals surface area contributed by atoms with Crippen LogP contribution in [0.2, 0.25) is 0 Å². The van der Waals surface area contributed by atoms with Crippen molar-refractivity contribution >= 4 is 27.4 Å². The van der Waals surface area contributed by atoms with Crippen molar-refractivity contribution in [1.82, 2.24) is 19.5 Å². The lowest BCUT2D eigenvalue weighted by Crippen LogP contribution is -2.54. The highest BCUT2D eigenvalue weighted by Gasteiger charge is 2.41. The van der Waals surface area contributed by atoms with Crippen LogP contribution in [0.15, 0.2) is 30.3 Å². The number of carbonyl (C=O) groups excluding carboxylic acids is 1. The van der Waals surface area contributed by atoms with E-state index in [2.05, 4.69) is 4.72 Å². The summed E-state index contributed by atoms with van der Waals surface area (Å²) < 4.78 is 26.5. The molecule has 156 valence electrons. The lowest BCUT2D eigenvalue weighted by molar-refractivity contribution is 0.120. The number of aryl methyl sites for hydroxylation is 1. The van der Waals surface area contributed by atoms with Gasteiger partial charge in [-0.1, -0.05) is 30.3 Å². The number of thiazole rings is 1. The SMILES string of the molecule is Cc1sc(-c2ccccc2)nc1C[C@H]1[C@@H](NS(C)(=O)=O)CCN1C(=O)N1CCC1. The first-order valence-electron chi connectivity index (χ1n) is 9.86. The van der Waals surface area contributed by atoms with Crippen LogP contribution < -0.4 is 4.72 Å². The number of aromatic nitrogens is 1. The molecule has 9 heteroatoms. The van der Waals surface area contributed by atoms with Gasteiger partial charge in [-0.2, -0.15) is 0 Å². The number of hydrogen-bond donors (Lipinski definition) is 1. The maximum Gasteiger partial charge on any atom is 0.320 e. The average Bonchev–Trinajstić information content (AvgIpc) is 3.17. The molecule has 2 atom stereocenters. The maximum atomic E-state index is 12.9. The predicted molar refractivity (Wildman–Crippen MR) is 114 cm³/mol. The Morgan fingerprint density at radius 1 is 1.24 bits per heavy atom. The molecule has 2 aliphatic heterocycles. The van der Waals surface area contributed by atoms with Gasteiger partial charge in [0.1, 0.15) is 5.01 Å². The Kier molecular flexibility index (Phi) is 5.63. The topological polar surface area (TPSA) is 82.6 Å². The monoisotopic (exact) mass is 434 g/mol. The van der Waals surface area contributed by atoms with Gasteiger partial charge in [0, 0.05) is 42.5 Å². The van der Waals surface area contributed by atoms with Crippen LogP contribution in [0.25, 0.3) is 10.6 Å². The summed E-state index contributed by atoms with van der Waals surface area (Å²) in [5, 5.41) is 0.948. The molecular formula is C20H26N4O3S2. The number of urea groups is 1. The van der Waals surface area contributed by atoms with Crippen LogP contribution in [-0.4, -0.2) is 67.2 Å². The van der Waals surface area contributed by atoms with Crippen molar-refractivity contribution in [2.75, 3.05) is 25.9 Å². The van der Waals surface area contributed by atoms with E-state index in [0.29, 0.717) is 19.4 Å². The second kappa shape index (κ2) is 8.04. The Balaban J connectivity index is 1.59. The third kappa shape index (κ3) is 4.46. The lowest BCUT2D eigenvalue weighted by Gasteiger charge is -2.37. The van der Waals surface area contributed by atoms with Gasteiger partial charge < -0.3 is 9.80 Å². The highest BCUT2D eigenvalue weighted by atomic mass is 32.2. The molecule has 29 heavy (non-hydrogen) atoms. The highest BCUT2D eigenvalue weighted by Crippen LogP contribution is 2.31. The number of sulfonamides is 1. The van der Waals surface area contributed by atoms with Crippen LogP contribution in [0.5, 0.6) is 0 Å². The van der Waals surface area contributed by atoms with E-state index in [1.54, 1.807) is 11.3 Å². The Morgan fingerprint density at radius 2 is 1.97 bits per heavy atom. The quantitative estimate of drug-likeness (QED) is 0.784. The number of nitrogens with one attached hydrogen (secondary N) is 1. The van der Waals surface area contributed by atoms with Gasteiger partial charge in [0.15, 0.2) is 0 Å². The van der Waals surface area contributed by atoms with Gasteiger partial charge in [-0.25, -0.2) is 22.9 Å². The smallest absolute Gasteiger partial charge is 0.320 e. The van der Waals surface area contributed by atoms with Crippen molar-refractivity contribution in [2.24, 2.45) is 0 Å². The van der Waals surface area contributed by atoms with E-state index < -0.39 is 10.0 Å². The van der Waals surface area contributed by atoms with Gasteiger partial charge >= 0.3 is 6.03 Å². The van der Waals surface area contributed by atoms with E-state index in [9.17, 15) is 13.2 Å². The van der Waals surface area contributed by atoms with Crippen LogP contribution in [0.4, 0.5) is 4.79 Å². The largest absolute Gasteiger partial charge is 0.325 e. The fraction of sp³-hybridized carbons (Fsp3) is 0.500. The van der Waals surface area contributed by atoms with Gasteiger partial charge in [-0.05, 0) is 19.8 Å². The van der Waals surface area contributed by atoms with Gasteiger partial charge in [-0.3, -0.25) is 0 Å². The van der Waals surface area contributed by atoms with Crippen molar-refractivity contribution in [3.63, 3.8) is 0 Å². The van der Waals surface area contributed by atoms with E-state index in [-0.39, 0.29) is 18.1 Å². The molecule has 1 aromatic carbocycles. The third-order valence-electron chi connectivity index (χ3n) is 5.60. The predicted octanol–water partition coefficient (Wildman–Crippen LogP) is 2.48. The summed E-state index contributed by atoms with van der Waals surface area (Å²) in [6, 6.07) is 9.50. The summed E-state index contributed by atoms with van der Waals surface area (Å²) in [6.45, 7) is 4.15. The van der Waals surface area contributed by atoms with Gasteiger partial charge in [0.2, 0.25) is 10.0 Å². The first-order valence-corrected chi connectivity index (χ1v) is 12.6. The van der Waals surface area contributed by atoms with Crippen molar-refractivity contribution in [2.45, 2.75) is 38.3 Å². The van der Waals surface area contributed by atoms with Crippen LogP contribution in [0.1, 0.15) is 23.4 Å². The molecule has 1 aromatic heterocycles. The summed E-state index contributed by atoms with van der Waals surface area (Å²) in [5.41, 5.74) is 2.00. The van der Waals surface area contributed by atoms with E-state index in [4.69, 9.17) is 4.98 Å². The molecule has 0 unspecified atom stereocenters. The standard InChI is InChI=1S/C20H26N4O3S2/c1-14-17(21-19(28-14)15-7-4-3-5-8-15)13-18-16(22-29(2,26)27)9-12-24(18)20(25)23-10-6-11-23/h3-5,7-8,16,18,22H,6,9-13H2,1-2H3/t16-,18-/m0/s1. The highest BCUT2D eigenvalue weighted by molar-refractivity contribution is 7.88. The van der Waals surface area contributed by atoms with Gasteiger partial charge in [0.25, 0.3) is 0 Å². The van der Waals surface area contributed by atoms with E-state index in [0.717, 1.165) is 40.7 Å². The molecule has 0 bridgehead atoms. The Labute approximate surface area is 175 Å². The van der Waals surface area contributed by atoms with E-state index in [1.807, 2.05) is 47.1 Å². The van der Waals surface area contributed by atoms with Crippen molar-refractivity contribution in [3.05, 3.63) is 40.9 Å². The molecule has 1 N–H and O–H groups in total. The zero-order chi connectivity index (χ0) is 20.6. The molecular weight excluding hydrogens is 408 g/mol. The van der Waals surface area contributed by atoms with Crippen molar-refractivity contribution < 1.29 is 13.2 Å². The first kappa shape index (κ1) is 20.3. The maximum absolute atomic E-state index is 12.9. The van der Waals surface area contributed by atoms with Crippen LogP contribution in [0, 0.1) is 6.92 Å². The zero-order valence-corrected chi connectivity index (χ0v) is 18.3. The molecule has 3 heterocycles. The normalized spacial score (nSPS) is 22.0. The first-order chi connectivity index (χ1) is 13.8. The van der Waals surface area contributed by atoms with Crippen LogP contribution >= 0.6 is 11.3 Å². The average molecular weight is 435 g/mol. The minimum atomic E-state index is -3.36. The lowest BCUT2D eigenvalue weighted by atomic mass is 10.0. The molecule has 0 spiro atoms. The molecule has 2 aliphatic rings. The van der Waals surface area contributed by atoms with Crippen LogP contribution in [-0.2, 0) is 16.4 Å². The fourth-order valence-electron chi connectivity index (χ4n) is 3.96. The van der Waals surface area contributed by atoms with Crippen molar-refractivity contribution in [3.8, 4) is 10.6 Å². The minimum absolute atomic E-state index is 0.00946. The number of hydrogen-bond acceptors (Lipinski definition) is 5. The molecule has 4 rings (SSSR count). The second-order valence-corrected chi connectivity index (χ2v) is 10.7. The number of rotatable bonds is 5. The summed E-state index contributed by atoms with van der Waals surface area (Å²) in [7, 11) is -3.36. The fourth-order valence-corrected chi connectivity index (χ4v) is 5.74. The third-order valence-corrected chi connectivity index (χ3v) is 7.39. The van der Waals surface area contributed by atoms with Crippen molar-refractivity contribution in [1.29, 1.82) is 0 Å². The molecule has 0 saturated carbocycles. The molecule has 2 amide bonds. The number of carbonyl (C=O) groups is 1. The Morgan fingerprint density at radius 3 is 2.59 bits per heavy atom. The summed E-state index contributed by atoms with van der Waals surface area (Å²) in [6.07, 6.45) is 3.36. The molecule has 2 aromatic rings. The summed E-state index contributed by atoms with van der Waals surface area (Å²) in [5.74, 6) is 0. The van der Waals surface area contributed by atoms with E-state index in [1.165, 1.54) is 6.26 Å². The second-order valence-electron chi connectivity index (χ2n) is 7.76. The molecule has 7 nitrogen and oxygen atoms in total. The summed E-state index contributed by atoms with van der Waals surface area (Å²) in [4.78, 5) is 22.5. The van der Waals surface area contributed by atoms with Gasteiger partial charge in [0.05, 0.1) is 18.0 Å². The Hall–Kier alpha value is -1.97. The number of benzene rings is 1. The molecule has 0 radical (unpaired) electrons. The molecule has 2 fully saturated rings.